The van der Waals surface area contributed by atoms with E-state index in [-0.39, 0.29) is 5.91 Å². The number of hydrogen-bond donors (Lipinski definition) is 0. The van der Waals surface area contributed by atoms with E-state index in [0.717, 1.165) is 30.1 Å². The number of aryl methyl sites for hydroxylation is 1. The van der Waals surface area contributed by atoms with Gasteiger partial charge in [0, 0.05) is 11.6 Å². The quantitative estimate of drug-likeness (QED) is 0.641. The number of carbonyl (C=O) groups excluding carboxylic acids is 1. The first-order valence-electron chi connectivity index (χ1n) is 9.00. The summed E-state index contributed by atoms with van der Waals surface area (Å²) >= 11 is 1.50. The minimum Gasteiger partial charge on any atom is -0.273 e. The molecule has 1 atom stereocenters. The molecule has 0 saturated carbocycles. The van der Waals surface area contributed by atoms with E-state index in [4.69, 9.17) is 0 Å². The molecule has 0 radical (unpaired) electrons. The predicted octanol–water partition coefficient (Wildman–Crippen LogP) is 5.18. The van der Waals surface area contributed by atoms with Gasteiger partial charge in [-0.25, -0.2) is 4.98 Å². The molecule has 2 aromatic carbocycles. The Hall–Kier alpha value is -2.46. The van der Waals surface area contributed by atoms with Gasteiger partial charge in [0.1, 0.15) is 0 Å². The standard InChI is InChI=1S/C22H22N2OS/c1-3-16-9-10-17-14-22(2,15-18(17)13-16)20(25)24(21-23-11-12-26-21)19-7-5-4-6-8-19/h4-13H,3,14-15H2,1-2H3/t22-/m0/s1. The van der Waals surface area contributed by atoms with E-state index >= 15 is 0 Å². The van der Waals surface area contributed by atoms with E-state index in [1.807, 2.05) is 35.7 Å². The van der Waals surface area contributed by atoms with E-state index in [9.17, 15) is 4.79 Å². The molecule has 3 aromatic rings. The Bertz CT molecular complexity index is 921. The molecular weight excluding hydrogens is 340 g/mol. The number of anilines is 2. The highest BCUT2D eigenvalue weighted by Crippen LogP contribution is 2.41. The van der Waals surface area contributed by atoms with Crippen LogP contribution >= 0.6 is 11.3 Å². The summed E-state index contributed by atoms with van der Waals surface area (Å²) in [4.78, 5) is 19.9. The summed E-state index contributed by atoms with van der Waals surface area (Å²) in [5.74, 6) is 0.118. The van der Waals surface area contributed by atoms with Gasteiger partial charge in [0.05, 0.1) is 11.1 Å². The van der Waals surface area contributed by atoms with Crippen LogP contribution in [0.4, 0.5) is 10.8 Å². The van der Waals surface area contributed by atoms with Crippen LogP contribution in [-0.2, 0) is 24.1 Å². The molecule has 4 heteroatoms. The van der Waals surface area contributed by atoms with E-state index < -0.39 is 5.41 Å². The van der Waals surface area contributed by atoms with Gasteiger partial charge < -0.3 is 0 Å². The first-order valence-corrected chi connectivity index (χ1v) is 9.88. The minimum absolute atomic E-state index is 0.118. The van der Waals surface area contributed by atoms with Crippen LogP contribution in [0.15, 0.2) is 60.1 Å². The molecular formula is C22H22N2OS. The Labute approximate surface area is 158 Å². The lowest BCUT2D eigenvalue weighted by Crippen LogP contribution is -2.40. The first-order chi connectivity index (χ1) is 12.6. The molecule has 3 nitrogen and oxygen atoms in total. The summed E-state index contributed by atoms with van der Waals surface area (Å²) < 4.78 is 0. The first kappa shape index (κ1) is 17.0. The lowest BCUT2D eigenvalue weighted by atomic mass is 9.85. The maximum absolute atomic E-state index is 13.7. The minimum atomic E-state index is -0.448. The second-order valence-corrected chi connectivity index (χ2v) is 8.03. The number of fused-ring (bicyclic) bond motifs is 1. The van der Waals surface area contributed by atoms with E-state index in [2.05, 4.69) is 37.0 Å². The highest BCUT2D eigenvalue weighted by Gasteiger charge is 2.43. The van der Waals surface area contributed by atoms with Crippen molar-refractivity contribution in [2.24, 2.45) is 5.41 Å². The molecule has 0 bridgehead atoms. The average Bonchev–Trinajstić information content (AvgIpc) is 3.29. The number of benzene rings is 2. The number of carbonyl (C=O) groups is 1. The maximum atomic E-state index is 13.7. The van der Waals surface area contributed by atoms with Crippen LogP contribution in [0.25, 0.3) is 0 Å². The van der Waals surface area contributed by atoms with Crippen molar-refractivity contribution in [2.75, 3.05) is 4.90 Å². The van der Waals surface area contributed by atoms with Gasteiger partial charge in [-0.15, -0.1) is 11.3 Å². The van der Waals surface area contributed by atoms with Crippen LogP contribution in [0.1, 0.15) is 30.5 Å². The highest BCUT2D eigenvalue weighted by atomic mass is 32.1. The predicted molar refractivity (Wildman–Crippen MR) is 107 cm³/mol. The molecule has 4 rings (SSSR count). The van der Waals surface area contributed by atoms with Crippen molar-refractivity contribution in [1.29, 1.82) is 0 Å². The summed E-state index contributed by atoms with van der Waals surface area (Å²) in [6.07, 6.45) is 4.33. The SMILES string of the molecule is CCc1ccc2c(c1)C[C@@](C)(C(=O)N(c1ccccc1)c1nccs1)C2. The normalized spacial score (nSPS) is 18.5. The molecule has 132 valence electrons. The van der Waals surface area contributed by atoms with Gasteiger partial charge in [0.15, 0.2) is 5.13 Å². The molecule has 0 unspecified atom stereocenters. The fourth-order valence-corrected chi connectivity index (χ4v) is 4.44. The Morgan fingerprint density at radius 2 is 1.92 bits per heavy atom. The summed E-state index contributed by atoms with van der Waals surface area (Å²) in [6, 6.07) is 16.5. The Morgan fingerprint density at radius 1 is 1.15 bits per heavy atom. The number of amides is 1. The van der Waals surface area contributed by atoms with Gasteiger partial charge in [-0.3, -0.25) is 9.69 Å². The van der Waals surface area contributed by atoms with Crippen LogP contribution in [0.5, 0.6) is 0 Å². The average molecular weight is 362 g/mol. The van der Waals surface area contributed by atoms with Crippen LogP contribution in [0.3, 0.4) is 0 Å². The lowest BCUT2D eigenvalue weighted by molar-refractivity contribution is -0.126. The van der Waals surface area contributed by atoms with Crippen molar-refractivity contribution < 1.29 is 4.79 Å². The number of aromatic nitrogens is 1. The zero-order valence-corrected chi connectivity index (χ0v) is 15.9. The van der Waals surface area contributed by atoms with Crippen molar-refractivity contribution in [3.8, 4) is 0 Å². The molecule has 1 aromatic heterocycles. The smallest absolute Gasteiger partial charge is 0.239 e. The van der Waals surface area contributed by atoms with Gasteiger partial charge in [0.2, 0.25) is 5.91 Å². The molecule has 0 fully saturated rings. The van der Waals surface area contributed by atoms with E-state index in [0.29, 0.717) is 0 Å². The topological polar surface area (TPSA) is 33.2 Å². The zero-order valence-electron chi connectivity index (χ0n) is 15.1. The molecule has 0 N–H and O–H groups in total. The molecule has 0 spiro atoms. The third kappa shape index (κ3) is 2.95. The summed E-state index contributed by atoms with van der Waals surface area (Å²) in [5.41, 5.74) is 4.37. The molecule has 0 aliphatic heterocycles. The van der Waals surface area contributed by atoms with Crippen molar-refractivity contribution in [1.82, 2.24) is 4.98 Å². The third-order valence-electron chi connectivity index (χ3n) is 5.18. The van der Waals surface area contributed by atoms with E-state index in [1.54, 1.807) is 11.1 Å². The number of thiazole rings is 1. The third-order valence-corrected chi connectivity index (χ3v) is 5.94. The molecule has 26 heavy (non-hydrogen) atoms. The van der Waals surface area contributed by atoms with Gasteiger partial charge in [0.25, 0.3) is 0 Å². The summed E-state index contributed by atoms with van der Waals surface area (Å²) in [7, 11) is 0. The van der Waals surface area contributed by atoms with Crippen LogP contribution < -0.4 is 4.90 Å². The molecule has 1 heterocycles. The highest BCUT2D eigenvalue weighted by molar-refractivity contribution is 7.13. The zero-order chi connectivity index (χ0) is 18.1. The summed E-state index contributed by atoms with van der Waals surface area (Å²) in [5, 5.41) is 2.64. The van der Waals surface area contributed by atoms with Gasteiger partial charge in [-0.2, -0.15) is 0 Å². The molecule has 1 aliphatic rings. The van der Waals surface area contributed by atoms with Crippen LogP contribution in [0.2, 0.25) is 0 Å². The Morgan fingerprint density at radius 3 is 2.62 bits per heavy atom. The summed E-state index contributed by atoms with van der Waals surface area (Å²) in [6.45, 7) is 4.26. The molecule has 1 amide bonds. The Kier molecular flexibility index (Phi) is 4.37. The van der Waals surface area contributed by atoms with Crippen molar-refractivity contribution in [3.63, 3.8) is 0 Å². The van der Waals surface area contributed by atoms with E-state index in [1.165, 1.54) is 28.0 Å². The number of hydrogen-bond acceptors (Lipinski definition) is 3. The van der Waals surface area contributed by atoms with Gasteiger partial charge >= 0.3 is 0 Å². The monoisotopic (exact) mass is 362 g/mol. The van der Waals surface area contributed by atoms with Gasteiger partial charge in [-0.05, 0) is 48.1 Å². The van der Waals surface area contributed by atoms with Crippen molar-refractivity contribution in [2.45, 2.75) is 33.1 Å². The molecule has 1 aliphatic carbocycles. The number of rotatable bonds is 4. The largest absolute Gasteiger partial charge is 0.273 e. The van der Waals surface area contributed by atoms with Crippen LogP contribution in [-0.4, -0.2) is 10.9 Å². The molecule has 0 saturated heterocycles. The van der Waals surface area contributed by atoms with Gasteiger partial charge in [-0.1, -0.05) is 50.2 Å². The maximum Gasteiger partial charge on any atom is 0.239 e. The Balaban J connectivity index is 1.70. The fourth-order valence-electron chi connectivity index (χ4n) is 3.78. The fraction of sp³-hybridized carbons (Fsp3) is 0.273. The van der Waals surface area contributed by atoms with Crippen molar-refractivity contribution in [3.05, 3.63) is 76.8 Å². The van der Waals surface area contributed by atoms with Crippen LogP contribution in [0, 0.1) is 5.41 Å². The lowest BCUT2D eigenvalue weighted by Gasteiger charge is -2.30. The second-order valence-electron chi connectivity index (χ2n) is 7.16. The number of para-hydroxylation sites is 1. The van der Waals surface area contributed by atoms with Crippen molar-refractivity contribution >= 4 is 28.1 Å². The number of nitrogens with zero attached hydrogens (tertiary/aromatic N) is 2. The second kappa shape index (κ2) is 6.69.